The summed E-state index contributed by atoms with van der Waals surface area (Å²) >= 11 is 0. The zero-order chi connectivity index (χ0) is 23.0. The van der Waals surface area contributed by atoms with Crippen LogP contribution in [0, 0.1) is 0 Å². The third kappa shape index (κ3) is 6.43. The molecule has 1 aromatic carbocycles. The number of ether oxygens (including phenoxy) is 2. The van der Waals surface area contributed by atoms with Gasteiger partial charge in [0, 0.05) is 32.8 Å². The van der Waals surface area contributed by atoms with E-state index in [1.165, 1.54) is 17.1 Å². The van der Waals surface area contributed by atoms with E-state index in [0.29, 0.717) is 38.6 Å². The van der Waals surface area contributed by atoms with E-state index in [0.717, 1.165) is 44.5 Å². The van der Waals surface area contributed by atoms with Crippen molar-refractivity contribution < 1.29 is 22.7 Å². The molecule has 0 saturated carbocycles. The third-order valence-corrected chi connectivity index (χ3v) is 7.91. The van der Waals surface area contributed by atoms with Crippen molar-refractivity contribution in [1.82, 2.24) is 4.31 Å². The lowest BCUT2D eigenvalue weighted by molar-refractivity contribution is -0.126. The zero-order valence-electron chi connectivity index (χ0n) is 19.3. The highest BCUT2D eigenvalue weighted by atomic mass is 32.2. The van der Waals surface area contributed by atoms with Crippen LogP contribution >= 0.6 is 0 Å². The van der Waals surface area contributed by atoms with Crippen LogP contribution in [-0.4, -0.2) is 70.7 Å². The van der Waals surface area contributed by atoms with E-state index in [9.17, 15) is 13.2 Å². The van der Waals surface area contributed by atoms with Gasteiger partial charge in [0.05, 0.1) is 29.5 Å². The summed E-state index contributed by atoms with van der Waals surface area (Å²) in [6.45, 7) is 7.55. The van der Waals surface area contributed by atoms with E-state index >= 15 is 0 Å². The van der Waals surface area contributed by atoms with Crippen molar-refractivity contribution in [2.24, 2.45) is 0 Å². The molecule has 1 amide bonds. The van der Waals surface area contributed by atoms with Gasteiger partial charge in [-0.25, -0.2) is 8.42 Å². The summed E-state index contributed by atoms with van der Waals surface area (Å²) in [5, 5.41) is 2.96. The van der Waals surface area contributed by atoms with Crippen molar-refractivity contribution in [3.05, 3.63) is 18.2 Å². The molecule has 2 saturated heterocycles. The molecule has 9 heteroatoms. The Labute approximate surface area is 192 Å². The van der Waals surface area contributed by atoms with Crippen molar-refractivity contribution in [1.29, 1.82) is 0 Å². The number of hydrogen-bond acceptors (Lipinski definition) is 6. The maximum Gasteiger partial charge on any atom is 0.253 e. The fourth-order valence-corrected chi connectivity index (χ4v) is 5.45. The van der Waals surface area contributed by atoms with E-state index in [-0.39, 0.29) is 10.8 Å². The van der Waals surface area contributed by atoms with Gasteiger partial charge < -0.3 is 19.7 Å². The number of benzene rings is 1. The van der Waals surface area contributed by atoms with Crippen LogP contribution in [0.3, 0.4) is 0 Å². The molecule has 2 aliphatic rings. The van der Waals surface area contributed by atoms with Gasteiger partial charge in [0.1, 0.15) is 6.10 Å². The van der Waals surface area contributed by atoms with Gasteiger partial charge in [-0.15, -0.1) is 0 Å². The number of anilines is 2. The van der Waals surface area contributed by atoms with Crippen LogP contribution in [0.1, 0.15) is 52.4 Å². The van der Waals surface area contributed by atoms with E-state index in [1.807, 2.05) is 6.07 Å². The fourth-order valence-electron chi connectivity index (χ4n) is 4.01. The Balaban J connectivity index is 1.87. The van der Waals surface area contributed by atoms with Gasteiger partial charge in [-0.2, -0.15) is 4.31 Å². The monoisotopic (exact) mass is 467 g/mol. The zero-order valence-corrected chi connectivity index (χ0v) is 20.2. The van der Waals surface area contributed by atoms with Gasteiger partial charge in [0.25, 0.3) is 5.91 Å². The summed E-state index contributed by atoms with van der Waals surface area (Å²) in [7, 11) is -3.66. The number of hydrogen-bond donors (Lipinski definition) is 1. The first-order valence-electron chi connectivity index (χ1n) is 11.8. The predicted octanol–water partition coefficient (Wildman–Crippen LogP) is 3.23. The molecule has 1 unspecified atom stereocenters. The van der Waals surface area contributed by atoms with E-state index in [2.05, 4.69) is 17.1 Å². The number of sulfonamides is 1. The van der Waals surface area contributed by atoms with Crippen LogP contribution in [0.5, 0.6) is 0 Å². The average Bonchev–Trinajstić information content (AvgIpc) is 3.09. The number of nitrogens with zero attached hydrogens (tertiary/aromatic N) is 2. The molecule has 0 aliphatic carbocycles. The molecule has 0 aromatic heterocycles. The summed E-state index contributed by atoms with van der Waals surface area (Å²) in [5.41, 5.74) is 1.39. The van der Waals surface area contributed by atoms with Gasteiger partial charge in [0.2, 0.25) is 10.0 Å². The van der Waals surface area contributed by atoms with Gasteiger partial charge in [-0.05, 0) is 44.4 Å². The SMILES string of the molecule is CCCCOC(C)C(=O)Nc1cc(S(=O)(=O)N2CCOCC2)ccc1N1CCCCCC1. The number of unbranched alkanes of at least 4 members (excludes halogenated alkanes) is 1. The highest BCUT2D eigenvalue weighted by Gasteiger charge is 2.28. The molecule has 8 nitrogen and oxygen atoms in total. The first-order chi connectivity index (χ1) is 15.4. The number of amides is 1. The predicted molar refractivity (Wildman–Crippen MR) is 126 cm³/mol. The Kier molecular flexibility index (Phi) is 9.34. The molecule has 1 atom stereocenters. The van der Waals surface area contributed by atoms with Crippen LogP contribution in [-0.2, 0) is 24.3 Å². The first kappa shape index (κ1) is 25.0. The number of morpholine rings is 1. The summed E-state index contributed by atoms with van der Waals surface area (Å²) in [6, 6.07) is 5.08. The van der Waals surface area contributed by atoms with E-state index < -0.39 is 16.1 Å². The fraction of sp³-hybridized carbons (Fsp3) is 0.696. The summed E-state index contributed by atoms with van der Waals surface area (Å²) in [6.07, 6.45) is 5.81. The van der Waals surface area contributed by atoms with Crippen LogP contribution in [0.4, 0.5) is 11.4 Å². The van der Waals surface area contributed by atoms with Gasteiger partial charge in [-0.1, -0.05) is 26.2 Å². The Morgan fingerprint density at radius 1 is 1.12 bits per heavy atom. The number of carbonyl (C=O) groups is 1. The molecule has 2 aliphatic heterocycles. The minimum atomic E-state index is -3.66. The van der Waals surface area contributed by atoms with Crippen LogP contribution in [0.15, 0.2) is 23.1 Å². The van der Waals surface area contributed by atoms with Gasteiger partial charge in [-0.3, -0.25) is 4.79 Å². The lowest BCUT2D eigenvalue weighted by Crippen LogP contribution is -2.40. The molecular weight excluding hydrogens is 430 g/mol. The first-order valence-corrected chi connectivity index (χ1v) is 13.3. The van der Waals surface area contributed by atoms with Crippen LogP contribution < -0.4 is 10.2 Å². The van der Waals surface area contributed by atoms with Crippen molar-refractivity contribution >= 4 is 27.3 Å². The minimum absolute atomic E-state index is 0.188. The molecule has 3 rings (SSSR count). The molecule has 2 heterocycles. The normalized spacial score (nSPS) is 19.4. The largest absolute Gasteiger partial charge is 0.379 e. The number of carbonyl (C=O) groups excluding carboxylic acids is 1. The Morgan fingerprint density at radius 3 is 2.47 bits per heavy atom. The van der Waals surface area contributed by atoms with Crippen molar-refractivity contribution in [3.8, 4) is 0 Å². The molecule has 0 spiro atoms. The van der Waals surface area contributed by atoms with Crippen molar-refractivity contribution in [2.45, 2.75) is 63.4 Å². The third-order valence-electron chi connectivity index (χ3n) is 6.02. The van der Waals surface area contributed by atoms with Gasteiger partial charge in [0.15, 0.2) is 0 Å². The van der Waals surface area contributed by atoms with Crippen LogP contribution in [0.25, 0.3) is 0 Å². The molecule has 1 N–H and O–H groups in total. The van der Waals surface area contributed by atoms with Crippen molar-refractivity contribution in [2.75, 3.05) is 56.2 Å². The standard InChI is InChI=1S/C23H37N3O5S/c1-3-4-15-31-19(2)23(27)24-21-18-20(32(28,29)26-13-16-30-17-14-26)9-10-22(21)25-11-7-5-6-8-12-25/h9-10,18-19H,3-8,11-17H2,1-2H3,(H,24,27). The van der Waals surface area contributed by atoms with E-state index in [4.69, 9.17) is 9.47 Å². The lowest BCUT2D eigenvalue weighted by atomic mass is 10.2. The van der Waals surface area contributed by atoms with Crippen molar-refractivity contribution in [3.63, 3.8) is 0 Å². The summed E-state index contributed by atoms with van der Waals surface area (Å²) in [5.74, 6) is -0.266. The highest BCUT2D eigenvalue weighted by molar-refractivity contribution is 7.89. The smallest absolute Gasteiger partial charge is 0.253 e. The van der Waals surface area contributed by atoms with Gasteiger partial charge >= 0.3 is 0 Å². The summed E-state index contributed by atoms with van der Waals surface area (Å²) in [4.78, 5) is 15.3. The Bertz CT molecular complexity index is 847. The molecule has 1 aromatic rings. The summed E-state index contributed by atoms with van der Waals surface area (Å²) < 4.78 is 38.8. The second-order valence-electron chi connectivity index (χ2n) is 8.45. The molecule has 0 radical (unpaired) electrons. The topological polar surface area (TPSA) is 88.2 Å². The number of nitrogens with one attached hydrogen (secondary N) is 1. The molecular formula is C23H37N3O5S. The molecule has 0 bridgehead atoms. The average molecular weight is 468 g/mol. The molecule has 180 valence electrons. The second-order valence-corrected chi connectivity index (χ2v) is 10.4. The maximum absolute atomic E-state index is 13.2. The molecule has 32 heavy (non-hydrogen) atoms. The lowest BCUT2D eigenvalue weighted by Gasteiger charge is -2.28. The van der Waals surface area contributed by atoms with Crippen LogP contribution in [0.2, 0.25) is 0 Å². The Hall–Kier alpha value is -1.68. The Morgan fingerprint density at radius 2 is 1.81 bits per heavy atom. The minimum Gasteiger partial charge on any atom is -0.379 e. The quantitative estimate of drug-likeness (QED) is 0.561. The number of rotatable bonds is 9. The highest BCUT2D eigenvalue weighted by Crippen LogP contribution is 2.32. The van der Waals surface area contributed by atoms with E-state index in [1.54, 1.807) is 19.1 Å². The second kappa shape index (κ2) is 12.0. The molecule has 2 fully saturated rings. The maximum atomic E-state index is 13.2.